The van der Waals surface area contributed by atoms with E-state index in [2.05, 4.69) is 10.2 Å². The van der Waals surface area contributed by atoms with Gasteiger partial charge < -0.3 is 0 Å². The first-order chi connectivity index (χ1) is 8.06. The largest absolute Gasteiger partial charge is 0.342 e. The third kappa shape index (κ3) is 2.39. The molecule has 0 fully saturated rings. The Hall–Kier alpha value is -2.43. The summed E-state index contributed by atoms with van der Waals surface area (Å²) in [4.78, 5) is 47.7. The summed E-state index contributed by atoms with van der Waals surface area (Å²) in [5, 5.41) is 10.5. The summed E-state index contributed by atoms with van der Waals surface area (Å²) >= 11 is 0.608. The first kappa shape index (κ1) is 11.1. The number of hydrogen-bond acceptors (Lipinski definition) is 7. The summed E-state index contributed by atoms with van der Waals surface area (Å²) in [5.41, 5.74) is -3.04. The van der Waals surface area contributed by atoms with Crippen LogP contribution in [0.4, 0.5) is 0 Å². The van der Waals surface area contributed by atoms with E-state index in [1.54, 1.807) is 0 Å². The Morgan fingerprint density at radius 3 is 1.53 bits per heavy atom. The fourth-order valence-electron chi connectivity index (χ4n) is 0.904. The topological polar surface area (TPSA) is 157 Å². The summed E-state index contributed by atoms with van der Waals surface area (Å²) in [5.74, 6) is 0. The number of rotatable bonds is 2. The van der Waals surface area contributed by atoms with Crippen molar-refractivity contribution < 1.29 is 0 Å². The van der Waals surface area contributed by atoms with E-state index in [1.165, 1.54) is 0 Å². The molecule has 10 nitrogen and oxygen atoms in total. The van der Waals surface area contributed by atoms with E-state index in [0.29, 0.717) is 11.8 Å². The van der Waals surface area contributed by atoms with Gasteiger partial charge in [0.25, 0.3) is 11.1 Å². The normalized spacial score (nSPS) is 10.4. The molecule has 2 rings (SSSR count). The number of H-pyrrole nitrogens is 4. The molecule has 0 aromatic carbocycles. The molecule has 2 heterocycles. The molecule has 17 heavy (non-hydrogen) atoms. The highest BCUT2D eigenvalue weighted by Gasteiger charge is 2.10. The van der Waals surface area contributed by atoms with Crippen molar-refractivity contribution in [1.82, 2.24) is 30.4 Å². The number of aromatic amines is 4. The standard InChI is InChI=1S/C6H4N6O4S/c13-1-3(9-11-5(15)7-1)17-4-2(14)8-6(16)12-10-4/h(H2,7,11,13,15)(H2,8,12,14,16). The van der Waals surface area contributed by atoms with Crippen molar-refractivity contribution >= 4 is 11.8 Å². The van der Waals surface area contributed by atoms with Crippen LogP contribution in [0.15, 0.2) is 29.2 Å². The average molecular weight is 256 g/mol. The molecule has 0 aliphatic heterocycles. The summed E-state index contributed by atoms with van der Waals surface area (Å²) in [6.45, 7) is 0. The smallest absolute Gasteiger partial charge is 0.271 e. The maximum Gasteiger partial charge on any atom is 0.342 e. The van der Waals surface area contributed by atoms with Crippen LogP contribution < -0.4 is 22.5 Å². The van der Waals surface area contributed by atoms with Gasteiger partial charge in [-0.15, -0.1) is 0 Å². The van der Waals surface area contributed by atoms with Crippen LogP contribution in [0.2, 0.25) is 0 Å². The van der Waals surface area contributed by atoms with Crippen molar-refractivity contribution in [3.63, 3.8) is 0 Å². The van der Waals surface area contributed by atoms with Crippen molar-refractivity contribution in [1.29, 1.82) is 0 Å². The molecule has 0 unspecified atom stereocenters. The molecular weight excluding hydrogens is 252 g/mol. The number of nitrogens with zero attached hydrogens (tertiary/aromatic N) is 2. The minimum atomic E-state index is -0.761. The molecule has 0 saturated heterocycles. The summed E-state index contributed by atoms with van der Waals surface area (Å²) < 4.78 is 0. The van der Waals surface area contributed by atoms with Crippen LogP contribution in [0.1, 0.15) is 0 Å². The second kappa shape index (κ2) is 4.21. The van der Waals surface area contributed by atoms with Gasteiger partial charge in [-0.3, -0.25) is 19.6 Å². The van der Waals surface area contributed by atoms with Crippen molar-refractivity contribution in [3.05, 3.63) is 41.7 Å². The number of hydrogen-bond donors (Lipinski definition) is 4. The van der Waals surface area contributed by atoms with Gasteiger partial charge in [-0.1, -0.05) is 0 Å². The maximum absolute atomic E-state index is 11.3. The monoisotopic (exact) mass is 256 g/mol. The van der Waals surface area contributed by atoms with Crippen LogP contribution in [-0.4, -0.2) is 30.4 Å². The molecule has 0 aliphatic rings. The van der Waals surface area contributed by atoms with Crippen LogP contribution in [0, 0.1) is 0 Å². The molecule has 0 atom stereocenters. The van der Waals surface area contributed by atoms with Gasteiger partial charge in [0.2, 0.25) is 0 Å². The fraction of sp³-hybridized carbons (Fsp3) is 0. The molecule has 2 aromatic rings. The van der Waals surface area contributed by atoms with Crippen LogP contribution in [-0.2, 0) is 0 Å². The summed E-state index contributed by atoms with van der Waals surface area (Å²) in [6.07, 6.45) is 0. The van der Waals surface area contributed by atoms with E-state index in [-0.39, 0.29) is 10.1 Å². The highest BCUT2D eigenvalue weighted by molar-refractivity contribution is 7.99. The van der Waals surface area contributed by atoms with Gasteiger partial charge in [-0.2, -0.15) is 10.2 Å². The molecule has 11 heteroatoms. The minimum Gasteiger partial charge on any atom is -0.271 e. The molecule has 0 bridgehead atoms. The molecule has 0 saturated carbocycles. The molecule has 2 aromatic heterocycles. The lowest BCUT2D eigenvalue weighted by molar-refractivity contribution is 0.787. The molecule has 0 spiro atoms. The van der Waals surface area contributed by atoms with Gasteiger partial charge in [-0.25, -0.2) is 19.8 Å². The van der Waals surface area contributed by atoms with Crippen LogP contribution >= 0.6 is 11.8 Å². The Labute approximate surface area is 94.5 Å². The van der Waals surface area contributed by atoms with E-state index >= 15 is 0 Å². The third-order valence-corrected chi connectivity index (χ3v) is 2.49. The van der Waals surface area contributed by atoms with Crippen molar-refractivity contribution in [2.45, 2.75) is 10.1 Å². The van der Waals surface area contributed by atoms with E-state index in [1.807, 2.05) is 20.2 Å². The Morgan fingerprint density at radius 2 is 1.18 bits per heavy atom. The van der Waals surface area contributed by atoms with Crippen LogP contribution in [0.25, 0.3) is 0 Å². The zero-order valence-corrected chi connectivity index (χ0v) is 8.75. The summed E-state index contributed by atoms with van der Waals surface area (Å²) in [6, 6.07) is 0. The predicted octanol–water partition coefficient (Wildman–Crippen LogP) is -2.62. The highest BCUT2D eigenvalue weighted by Crippen LogP contribution is 2.14. The zero-order chi connectivity index (χ0) is 12.4. The van der Waals surface area contributed by atoms with Crippen LogP contribution in [0.3, 0.4) is 0 Å². The maximum atomic E-state index is 11.3. The lowest BCUT2D eigenvalue weighted by Crippen LogP contribution is -2.27. The van der Waals surface area contributed by atoms with Crippen LogP contribution in [0.5, 0.6) is 0 Å². The van der Waals surface area contributed by atoms with E-state index < -0.39 is 22.5 Å². The lowest BCUT2D eigenvalue weighted by atomic mass is 10.8. The van der Waals surface area contributed by atoms with Crippen molar-refractivity contribution in [3.8, 4) is 0 Å². The Balaban J connectivity index is 2.45. The van der Waals surface area contributed by atoms with Gasteiger partial charge in [0.15, 0.2) is 10.1 Å². The number of aromatic nitrogens is 6. The second-order valence-corrected chi connectivity index (χ2v) is 3.70. The fourth-order valence-corrected chi connectivity index (χ4v) is 1.56. The van der Waals surface area contributed by atoms with E-state index in [0.717, 1.165) is 0 Å². The zero-order valence-electron chi connectivity index (χ0n) is 7.94. The van der Waals surface area contributed by atoms with Crippen molar-refractivity contribution in [2.24, 2.45) is 0 Å². The predicted molar refractivity (Wildman–Crippen MR) is 55.1 cm³/mol. The molecule has 0 amide bonds. The van der Waals surface area contributed by atoms with E-state index in [9.17, 15) is 19.2 Å². The third-order valence-electron chi connectivity index (χ3n) is 1.55. The van der Waals surface area contributed by atoms with Gasteiger partial charge in [0.05, 0.1) is 0 Å². The molecule has 0 radical (unpaired) electrons. The first-order valence-electron chi connectivity index (χ1n) is 4.12. The van der Waals surface area contributed by atoms with Gasteiger partial charge in [0, 0.05) is 0 Å². The Bertz CT molecular complexity index is 704. The quantitative estimate of drug-likeness (QED) is 0.458. The van der Waals surface area contributed by atoms with Crippen molar-refractivity contribution in [2.75, 3.05) is 0 Å². The Morgan fingerprint density at radius 1 is 0.765 bits per heavy atom. The molecular formula is C6H4N6O4S. The van der Waals surface area contributed by atoms with Gasteiger partial charge in [0.1, 0.15) is 0 Å². The highest BCUT2D eigenvalue weighted by atomic mass is 32.2. The number of nitrogens with one attached hydrogen (secondary N) is 4. The summed E-state index contributed by atoms with van der Waals surface area (Å²) in [7, 11) is 0. The lowest BCUT2D eigenvalue weighted by Gasteiger charge is -1.95. The average Bonchev–Trinajstić information content (AvgIpc) is 2.25. The minimum absolute atomic E-state index is 0.172. The second-order valence-electron chi connectivity index (χ2n) is 2.73. The molecule has 88 valence electrons. The SMILES string of the molecule is O=c1[nH]nc(Sc2n[nH]c(=O)[nH]c2=O)c(=O)[nH]1. The van der Waals surface area contributed by atoms with E-state index in [4.69, 9.17) is 0 Å². The van der Waals surface area contributed by atoms with Gasteiger partial charge >= 0.3 is 11.4 Å². The first-order valence-corrected chi connectivity index (χ1v) is 4.94. The Kier molecular flexibility index (Phi) is 2.74. The van der Waals surface area contributed by atoms with Gasteiger partial charge in [-0.05, 0) is 11.8 Å². The molecule has 0 aliphatic carbocycles. The molecule has 4 N–H and O–H groups in total.